The van der Waals surface area contributed by atoms with Crippen LogP contribution in [0.5, 0.6) is 0 Å². The number of unbranched alkanes of at least 4 members (excludes halogenated alkanes) is 11. The van der Waals surface area contributed by atoms with E-state index >= 15 is 0 Å². The molecule has 0 saturated carbocycles. The van der Waals surface area contributed by atoms with Crippen molar-refractivity contribution in [1.82, 2.24) is 0 Å². The van der Waals surface area contributed by atoms with Crippen LogP contribution in [0.2, 0.25) is 0 Å². The highest BCUT2D eigenvalue weighted by atomic mass is 16.5. The Morgan fingerprint density at radius 3 is 1.78 bits per heavy atom. The number of carbonyl (C=O) groups excluding carboxylic acids is 1. The van der Waals surface area contributed by atoms with Crippen LogP contribution < -0.4 is 0 Å². The van der Waals surface area contributed by atoms with Crippen LogP contribution in [0.4, 0.5) is 0 Å². The van der Waals surface area contributed by atoms with Crippen LogP contribution in [0, 0.1) is 0 Å². The zero-order valence-corrected chi connectivity index (χ0v) is 28.5. The topological polar surface area (TPSA) is 126 Å². The van der Waals surface area contributed by atoms with E-state index in [0.717, 1.165) is 70.6 Å². The molecule has 8 nitrogen and oxygen atoms in total. The number of cyclic esters (lactones) is 1. The Labute approximate surface area is 273 Å². The van der Waals surface area contributed by atoms with Crippen molar-refractivity contribution in [2.75, 3.05) is 0 Å². The number of hydrogen-bond donors (Lipinski definition) is 4. The highest BCUT2D eigenvalue weighted by Gasteiger charge is 2.36. The molecule has 9 atom stereocenters. The molecule has 0 spiro atoms. The molecule has 0 bridgehead atoms. The molecule has 0 aromatic rings. The monoisotopic (exact) mass is 638 g/mol. The first-order valence-corrected chi connectivity index (χ1v) is 18.7. The zero-order valence-electron chi connectivity index (χ0n) is 28.5. The Morgan fingerprint density at radius 2 is 1.18 bits per heavy atom. The smallest absolute Gasteiger partial charge is 0.334 e. The van der Waals surface area contributed by atoms with Gasteiger partial charge in [-0.25, -0.2) is 4.79 Å². The molecule has 8 heteroatoms. The number of hydrogen-bond acceptors (Lipinski definition) is 8. The molecule has 45 heavy (non-hydrogen) atoms. The first-order chi connectivity index (χ1) is 21.8. The molecular formula is C37H66O8. The van der Waals surface area contributed by atoms with Crippen LogP contribution in [0.1, 0.15) is 162 Å². The van der Waals surface area contributed by atoms with E-state index in [1.165, 1.54) is 51.4 Å². The summed E-state index contributed by atoms with van der Waals surface area (Å²) in [5, 5.41) is 42.4. The minimum Gasteiger partial charge on any atom is -0.455 e. The van der Waals surface area contributed by atoms with Gasteiger partial charge >= 0.3 is 5.97 Å². The predicted octanol–water partition coefficient (Wildman–Crippen LogP) is 6.83. The van der Waals surface area contributed by atoms with Gasteiger partial charge in [0.05, 0.1) is 48.8 Å². The Kier molecular flexibility index (Phi) is 18.6. The summed E-state index contributed by atoms with van der Waals surface area (Å²) in [7, 11) is 0. The van der Waals surface area contributed by atoms with Crippen molar-refractivity contribution in [3.05, 3.63) is 11.6 Å². The minimum absolute atomic E-state index is 0.148. The first kappa shape index (κ1) is 38.4. The van der Waals surface area contributed by atoms with Gasteiger partial charge in [-0.15, -0.1) is 0 Å². The van der Waals surface area contributed by atoms with Gasteiger partial charge in [-0.05, 0) is 70.8 Å². The molecule has 3 aliphatic rings. The maximum atomic E-state index is 11.7. The summed E-state index contributed by atoms with van der Waals surface area (Å²) in [6.07, 6.45) is 21.5. The third-order valence-electron chi connectivity index (χ3n) is 10.1. The number of rotatable bonds is 25. The van der Waals surface area contributed by atoms with Crippen LogP contribution in [0.25, 0.3) is 0 Å². The van der Waals surface area contributed by atoms with E-state index < -0.39 is 24.4 Å². The van der Waals surface area contributed by atoms with E-state index in [0.29, 0.717) is 31.3 Å². The van der Waals surface area contributed by atoms with Gasteiger partial charge in [0.2, 0.25) is 0 Å². The fourth-order valence-corrected chi connectivity index (χ4v) is 7.29. The normalized spacial score (nSPS) is 27.8. The molecule has 2 saturated heterocycles. The minimum atomic E-state index is -0.638. The van der Waals surface area contributed by atoms with Crippen molar-refractivity contribution in [2.45, 2.75) is 216 Å². The lowest BCUT2D eigenvalue weighted by molar-refractivity contribution is -0.139. The van der Waals surface area contributed by atoms with Crippen molar-refractivity contribution >= 4 is 5.97 Å². The highest BCUT2D eigenvalue weighted by Crippen LogP contribution is 2.31. The molecule has 262 valence electrons. The Balaban J connectivity index is 1.17. The Hall–Kier alpha value is -1.03. The largest absolute Gasteiger partial charge is 0.455 e. The van der Waals surface area contributed by atoms with E-state index in [4.69, 9.17) is 14.2 Å². The van der Waals surface area contributed by atoms with Crippen molar-refractivity contribution < 1.29 is 39.4 Å². The summed E-state index contributed by atoms with van der Waals surface area (Å²) in [6.45, 7) is 4.07. The highest BCUT2D eigenvalue weighted by molar-refractivity contribution is 5.90. The number of ether oxygens (including phenoxy) is 3. The SMILES string of the molecule is CCCCCCCCCCCC[C@H](O)[C@@H]1CC[C@@H]([C@@H](O)CC[C@H](O)[C@@H]2CC[C@H](CCCCCC(O)CC3=CC(C)OC3=O)O2)O1. The summed E-state index contributed by atoms with van der Waals surface area (Å²) in [5.41, 5.74) is 0.583. The summed E-state index contributed by atoms with van der Waals surface area (Å²) in [4.78, 5) is 11.7. The number of carbonyl (C=O) groups is 1. The van der Waals surface area contributed by atoms with Crippen LogP contribution in [-0.2, 0) is 19.0 Å². The van der Waals surface area contributed by atoms with Gasteiger partial charge in [-0.3, -0.25) is 0 Å². The lowest BCUT2D eigenvalue weighted by Gasteiger charge is -2.24. The molecule has 0 amide bonds. The fourth-order valence-electron chi connectivity index (χ4n) is 7.29. The number of aliphatic hydroxyl groups is 4. The van der Waals surface area contributed by atoms with E-state index in [-0.39, 0.29) is 36.5 Å². The van der Waals surface area contributed by atoms with Crippen LogP contribution >= 0.6 is 0 Å². The van der Waals surface area contributed by atoms with Crippen LogP contribution in [-0.4, -0.2) is 81.3 Å². The standard InChI is InChI=1S/C37H66O8/c1-3-4-5-6-7-8-9-10-11-15-18-31(39)35-23-24-36(45-35)33(41)21-20-32(40)34-22-19-30(44-34)17-14-12-13-16-29(38)26-28-25-27(2)43-37(28)42/h25,27,29-36,38-41H,3-24,26H2,1-2H3/t27?,29?,30-,31-,32-,33-,34-,35-,36-/m0/s1. The molecule has 0 aromatic heterocycles. The van der Waals surface area contributed by atoms with Gasteiger partial charge in [0.15, 0.2) is 0 Å². The average Bonchev–Trinajstić information content (AvgIpc) is 3.77. The molecule has 3 aliphatic heterocycles. The molecule has 2 unspecified atom stereocenters. The fraction of sp³-hybridized carbons (Fsp3) is 0.919. The van der Waals surface area contributed by atoms with Gasteiger partial charge in [0, 0.05) is 12.0 Å². The van der Waals surface area contributed by atoms with Crippen molar-refractivity contribution in [1.29, 1.82) is 0 Å². The Bertz CT molecular complexity index is 833. The molecule has 4 N–H and O–H groups in total. The molecule has 3 rings (SSSR count). The molecular weight excluding hydrogens is 572 g/mol. The zero-order chi connectivity index (χ0) is 32.4. The van der Waals surface area contributed by atoms with Gasteiger partial charge in [0.25, 0.3) is 0 Å². The quantitative estimate of drug-likeness (QED) is 0.0634. The first-order valence-electron chi connectivity index (χ1n) is 18.7. The number of aliphatic hydroxyl groups excluding tert-OH is 4. The van der Waals surface area contributed by atoms with E-state index in [9.17, 15) is 25.2 Å². The Morgan fingerprint density at radius 1 is 0.667 bits per heavy atom. The average molecular weight is 639 g/mol. The molecule has 0 radical (unpaired) electrons. The van der Waals surface area contributed by atoms with Crippen LogP contribution in [0.3, 0.4) is 0 Å². The van der Waals surface area contributed by atoms with E-state index in [1.54, 1.807) is 6.08 Å². The van der Waals surface area contributed by atoms with Crippen molar-refractivity contribution in [3.8, 4) is 0 Å². The maximum absolute atomic E-state index is 11.7. The van der Waals surface area contributed by atoms with E-state index in [2.05, 4.69) is 6.92 Å². The van der Waals surface area contributed by atoms with E-state index in [1.807, 2.05) is 6.92 Å². The van der Waals surface area contributed by atoms with Crippen molar-refractivity contribution in [3.63, 3.8) is 0 Å². The second kappa shape index (κ2) is 21.8. The lowest BCUT2D eigenvalue weighted by Crippen LogP contribution is -2.33. The number of esters is 1. The third kappa shape index (κ3) is 14.7. The predicted molar refractivity (Wildman–Crippen MR) is 177 cm³/mol. The summed E-state index contributed by atoms with van der Waals surface area (Å²) >= 11 is 0. The van der Waals surface area contributed by atoms with Gasteiger partial charge in [0.1, 0.15) is 6.10 Å². The summed E-state index contributed by atoms with van der Waals surface area (Å²) in [6, 6.07) is 0. The maximum Gasteiger partial charge on any atom is 0.334 e. The molecule has 3 heterocycles. The second-order valence-electron chi connectivity index (χ2n) is 14.2. The third-order valence-corrected chi connectivity index (χ3v) is 10.1. The molecule has 2 fully saturated rings. The van der Waals surface area contributed by atoms with Gasteiger partial charge in [-0.1, -0.05) is 90.4 Å². The van der Waals surface area contributed by atoms with Crippen molar-refractivity contribution in [2.24, 2.45) is 0 Å². The summed E-state index contributed by atoms with van der Waals surface area (Å²) < 4.78 is 17.3. The van der Waals surface area contributed by atoms with Gasteiger partial charge in [-0.2, -0.15) is 0 Å². The lowest BCUT2D eigenvalue weighted by atomic mass is 9.98. The van der Waals surface area contributed by atoms with Crippen LogP contribution in [0.15, 0.2) is 11.6 Å². The molecule has 0 aliphatic carbocycles. The summed E-state index contributed by atoms with van der Waals surface area (Å²) in [5.74, 6) is -0.309. The second-order valence-corrected chi connectivity index (χ2v) is 14.2. The van der Waals surface area contributed by atoms with Gasteiger partial charge < -0.3 is 34.6 Å². The molecule has 0 aromatic carbocycles.